The Morgan fingerprint density at radius 3 is 3.12 bits per heavy atom. The van der Waals surface area contributed by atoms with Gasteiger partial charge in [-0.05, 0) is 37.5 Å². The Balaban J connectivity index is 1.82. The van der Waals surface area contributed by atoms with Crippen molar-refractivity contribution in [3.63, 3.8) is 0 Å². The minimum Gasteiger partial charge on any atom is -0.383 e. The van der Waals surface area contributed by atoms with E-state index in [1.54, 1.807) is 12.1 Å². The molecule has 16 heavy (non-hydrogen) atoms. The highest BCUT2D eigenvalue weighted by molar-refractivity contribution is 9.10. The lowest BCUT2D eigenvalue weighted by atomic mass is 10.2. The molecule has 1 aromatic rings. The quantitative estimate of drug-likeness (QED) is 0.914. The smallest absolute Gasteiger partial charge is 0.146 e. The fourth-order valence-electron chi connectivity index (χ4n) is 1.87. The molecule has 2 nitrogen and oxygen atoms in total. The number of nitrogens with one attached hydrogen (secondary N) is 1. The van der Waals surface area contributed by atoms with Crippen molar-refractivity contribution in [1.82, 2.24) is 0 Å². The van der Waals surface area contributed by atoms with Gasteiger partial charge in [-0.1, -0.05) is 15.9 Å². The molecular formula is C12H15BrFNO. The number of benzene rings is 1. The molecule has 1 aliphatic rings. The maximum absolute atomic E-state index is 13.4. The molecule has 1 heterocycles. The van der Waals surface area contributed by atoms with Crippen molar-refractivity contribution >= 4 is 21.6 Å². The van der Waals surface area contributed by atoms with Gasteiger partial charge >= 0.3 is 0 Å². The zero-order valence-electron chi connectivity index (χ0n) is 9.01. The summed E-state index contributed by atoms with van der Waals surface area (Å²) in [5.74, 6) is -0.212. The van der Waals surface area contributed by atoms with Crippen molar-refractivity contribution < 1.29 is 9.13 Å². The molecule has 0 saturated carbocycles. The van der Waals surface area contributed by atoms with Crippen LogP contribution in [0.1, 0.15) is 19.3 Å². The fraction of sp³-hybridized carbons (Fsp3) is 0.500. The van der Waals surface area contributed by atoms with E-state index in [4.69, 9.17) is 4.74 Å². The van der Waals surface area contributed by atoms with Crippen LogP contribution in [0.5, 0.6) is 0 Å². The van der Waals surface area contributed by atoms with Gasteiger partial charge in [-0.3, -0.25) is 0 Å². The topological polar surface area (TPSA) is 21.3 Å². The molecule has 0 aliphatic carbocycles. The van der Waals surface area contributed by atoms with Gasteiger partial charge in [-0.15, -0.1) is 0 Å². The van der Waals surface area contributed by atoms with E-state index >= 15 is 0 Å². The normalized spacial score (nSPS) is 20.0. The van der Waals surface area contributed by atoms with Gasteiger partial charge in [0.15, 0.2) is 0 Å². The Bertz CT molecular complexity index is 353. The largest absolute Gasteiger partial charge is 0.383 e. The first kappa shape index (κ1) is 11.9. The van der Waals surface area contributed by atoms with E-state index in [9.17, 15) is 4.39 Å². The minimum absolute atomic E-state index is 0.212. The summed E-state index contributed by atoms with van der Waals surface area (Å²) in [6, 6.07) is 4.91. The van der Waals surface area contributed by atoms with Crippen LogP contribution in [0.3, 0.4) is 0 Å². The summed E-state index contributed by atoms with van der Waals surface area (Å²) in [7, 11) is 0. The zero-order chi connectivity index (χ0) is 11.4. The zero-order valence-corrected chi connectivity index (χ0v) is 10.6. The van der Waals surface area contributed by atoms with E-state index in [0.717, 1.165) is 36.9 Å². The maximum Gasteiger partial charge on any atom is 0.146 e. The van der Waals surface area contributed by atoms with Crippen molar-refractivity contribution in [2.24, 2.45) is 0 Å². The molecule has 1 N–H and O–H groups in total. The summed E-state index contributed by atoms with van der Waals surface area (Å²) in [5, 5.41) is 3.10. The fourth-order valence-corrected chi connectivity index (χ4v) is 2.23. The highest BCUT2D eigenvalue weighted by Crippen LogP contribution is 2.21. The Labute approximate surface area is 103 Å². The van der Waals surface area contributed by atoms with E-state index in [2.05, 4.69) is 21.2 Å². The second kappa shape index (κ2) is 5.64. The van der Waals surface area contributed by atoms with E-state index in [1.807, 2.05) is 0 Å². The average Bonchev–Trinajstić information content (AvgIpc) is 2.76. The molecule has 1 aromatic carbocycles. The molecule has 1 fully saturated rings. The molecule has 0 bridgehead atoms. The van der Waals surface area contributed by atoms with Crippen LogP contribution in [0.2, 0.25) is 0 Å². The van der Waals surface area contributed by atoms with Crippen molar-refractivity contribution in [2.45, 2.75) is 25.4 Å². The average molecular weight is 288 g/mol. The first-order chi connectivity index (χ1) is 7.75. The first-order valence-corrected chi connectivity index (χ1v) is 6.35. The molecule has 0 radical (unpaired) electrons. The van der Waals surface area contributed by atoms with Crippen molar-refractivity contribution in [3.05, 3.63) is 28.5 Å². The standard InChI is InChI=1S/C12H15BrFNO/c13-9-3-4-11(14)12(8-9)15-6-5-10-2-1-7-16-10/h3-4,8,10,15H,1-2,5-7H2. The van der Waals surface area contributed by atoms with Crippen molar-refractivity contribution in [3.8, 4) is 0 Å². The maximum atomic E-state index is 13.4. The Morgan fingerprint density at radius 1 is 1.50 bits per heavy atom. The van der Waals surface area contributed by atoms with Crippen molar-refractivity contribution in [1.29, 1.82) is 0 Å². The molecule has 2 rings (SSSR count). The third-order valence-electron chi connectivity index (χ3n) is 2.73. The molecule has 1 unspecified atom stereocenters. The summed E-state index contributed by atoms with van der Waals surface area (Å²) in [6.07, 6.45) is 3.56. The number of hydrogen-bond acceptors (Lipinski definition) is 2. The highest BCUT2D eigenvalue weighted by atomic mass is 79.9. The lowest BCUT2D eigenvalue weighted by Crippen LogP contribution is -2.13. The summed E-state index contributed by atoms with van der Waals surface area (Å²) >= 11 is 3.32. The van der Waals surface area contributed by atoms with E-state index in [0.29, 0.717) is 11.8 Å². The van der Waals surface area contributed by atoms with Crippen LogP contribution in [0, 0.1) is 5.82 Å². The third kappa shape index (κ3) is 3.19. The first-order valence-electron chi connectivity index (χ1n) is 5.56. The number of ether oxygens (including phenoxy) is 1. The van der Waals surface area contributed by atoms with Gasteiger partial charge in [0.2, 0.25) is 0 Å². The molecular weight excluding hydrogens is 273 g/mol. The molecule has 1 aliphatic heterocycles. The third-order valence-corrected chi connectivity index (χ3v) is 3.23. The summed E-state index contributed by atoms with van der Waals surface area (Å²) in [4.78, 5) is 0. The van der Waals surface area contributed by atoms with Gasteiger partial charge in [0.1, 0.15) is 5.82 Å². The van der Waals surface area contributed by atoms with Gasteiger partial charge < -0.3 is 10.1 Å². The van der Waals surface area contributed by atoms with E-state index in [-0.39, 0.29) is 5.82 Å². The van der Waals surface area contributed by atoms with E-state index in [1.165, 1.54) is 6.07 Å². The second-order valence-electron chi connectivity index (χ2n) is 3.97. The Kier molecular flexibility index (Phi) is 4.18. The van der Waals surface area contributed by atoms with Gasteiger partial charge in [-0.25, -0.2) is 4.39 Å². The van der Waals surface area contributed by atoms with Gasteiger partial charge in [0.05, 0.1) is 11.8 Å². The molecule has 4 heteroatoms. The minimum atomic E-state index is -0.212. The van der Waals surface area contributed by atoms with Crippen LogP contribution >= 0.6 is 15.9 Å². The number of rotatable bonds is 4. The lowest BCUT2D eigenvalue weighted by molar-refractivity contribution is 0.107. The Hall–Kier alpha value is -0.610. The van der Waals surface area contributed by atoms with Crippen molar-refractivity contribution in [2.75, 3.05) is 18.5 Å². The monoisotopic (exact) mass is 287 g/mol. The molecule has 0 spiro atoms. The van der Waals surface area contributed by atoms with Crippen LogP contribution < -0.4 is 5.32 Å². The van der Waals surface area contributed by atoms with Crippen LogP contribution in [-0.4, -0.2) is 19.3 Å². The van der Waals surface area contributed by atoms with Gasteiger partial charge in [0.25, 0.3) is 0 Å². The molecule has 88 valence electrons. The van der Waals surface area contributed by atoms with Gasteiger partial charge in [-0.2, -0.15) is 0 Å². The summed E-state index contributed by atoms with van der Waals surface area (Å²) in [5.41, 5.74) is 0.548. The predicted octanol–water partition coefficient (Wildman–Crippen LogP) is 3.57. The molecule has 0 amide bonds. The number of hydrogen-bond donors (Lipinski definition) is 1. The molecule has 1 saturated heterocycles. The van der Waals surface area contributed by atoms with E-state index < -0.39 is 0 Å². The number of anilines is 1. The van der Waals surface area contributed by atoms with Crippen LogP contribution in [0.4, 0.5) is 10.1 Å². The van der Waals surface area contributed by atoms with Gasteiger partial charge in [0, 0.05) is 17.6 Å². The SMILES string of the molecule is Fc1ccc(Br)cc1NCCC1CCCO1. The molecule has 1 atom stereocenters. The van der Waals surface area contributed by atoms with Crippen LogP contribution in [0.25, 0.3) is 0 Å². The Morgan fingerprint density at radius 2 is 2.38 bits per heavy atom. The summed E-state index contributed by atoms with van der Waals surface area (Å²) in [6.45, 7) is 1.62. The van der Waals surface area contributed by atoms with Crippen LogP contribution in [0.15, 0.2) is 22.7 Å². The van der Waals surface area contributed by atoms with Crippen LogP contribution in [-0.2, 0) is 4.74 Å². The summed E-state index contributed by atoms with van der Waals surface area (Å²) < 4.78 is 19.7. The highest BCUT2D eigenvalue weighted by Gasteiger charge is 2.14. The lowest BCUT2D eigenvalue weighted by Gasteiger charge is -2.11. The molecule has 0 aromatic heterocycles. The number of halogens is 2. The predicted molar refractivity (Wildman–Crippen MR) is 66.2 cm³/mol. The second-order valence-corrected chi connectivity index (χ2v) is 4.89.